The van der Waals surface area contributed by atoms with Gasteiger partial charge in [-0.15, -0.1) is 0 Å². The maximum Gasteiger partial charge on any atom is 0.140 e. The van der Waals surface area contributed by atoms with Crippen LogP contribution in [-0.4, -0.2) is 14.5 Å². The number of nitrogens with zero attached hydrogens (tertiary/aromatic N) is 3. The Labute approximate surface area is 200 Å². The van der Waals surface area contributed by atoms with E-state index in [9.17, 15) is 4.39 Å². The van der Waals surface area contributed by atoms with Gasteiger partial charge in [-0.2, -0.15) is 0 Å². The van der Waals surface area contributed by atoms with E-state index in [2.05, 4.69) is 40.7 Å². The molecule has 0 N–H and O–H groups in total. The quantitative estimate of drug-likeness (QED) is 0.246. The van der Waals surface area contributed by atoms with Crippen LogP contribution in [-0.2, 0) is 26.2 Å². The molecule has 4 rings (SSSR count). The normalized spacial score (nSPS) is 11.3. The fourth-order valence-electron chi connectivity index (χ4n) is 4.07. The molecule has 170 valence electrons. The van der Waals surface area contributed by atoms with Crippen LogP contribution in [0.15, 0.2) is 85.1 Å². The first-order valence-corrected chi connectivity index (χ1v) is 11.8. The number of imidazole rings is 1. The number of hydrogen-bond acceptors (Lipinski definition) is 2. The highest BCUT2D eigenvalue weighted by Crippen LogP contribution is 2.25. The summed E-state index contributed by atoms with van der Waals surface area (Å²) in [5.41, 5.74) is 3.92. The summed E-state index contributed by atoms with van der Waals surface area (Å²) in [4.78, 5) is 7.01. The van der Waals surface area contributed by atoms with Crippen LogP contribution in [0.4, 0.5) is 4.39 Å². The van der Waals surface area contributed by atoms with Gasteiger partial charge in [0.15, 0.2) is 0 Å². The van der Waals surface area contributed by atoms with E-state index in [-0.39, 0.29) is 5.82 Å². The lowest BCUT2D eigenvalue weighted by Crippen LogP contribution is -2.25. The van der Waals surface area contributed by atoms with E-state index in [1.807, 2.05) is 42.6 Å². The first kappa shape index (κ1) is 23.2. The molecule has 0 saturated heterocycles. The van der Waals surface area contributed by atoms with Gasteiger partial charge < -0.3 is 4.57 Å². The first-order chi connectivity index (χ1) is 16.2. The Morgan fingerprint density at radius 1 is 0.879 bits per heavy atom. The Morgan fingerprint density at radius 2 is 1.61 bits per heavy atom. The van der Waals surface area contributed by atoms with E-state index in [1.54, 1.807) is 12.1 Å². The van der Waals surface area contributed by atoms with Crippen molar-refractivity contribution in [1.82, 2.24) is 14.5 Å². The molecule has 4 aromatic rings. The van der Waals surface area contributed by atoms with Crippen molar-refractivity contribution < 1.29 is 4.39 Å². The lowest BCUT2D eigenvalue weighted by molar-refractivity contribution is 0.237. The molecule has 0 atom stereocenters. The van der Waals surface area contributed by atoms with Crippen LogP contribution in [0, 0.1) is 5.82 Å². The molecule has 3 nitrogen and oxygen atoms in total. The van der Waals surface area contributed by atoms with Gasteiger partial charge in [0.1, 0.15) is 11.6 Å². The Hall–Kier alpha value is -2.95. The third-order valence-corrected chi connectivity index (χ3v) is 6.14. The molecule has 1 heterocycles. The zero-order valence-electron chi connectivity index (χ0n) is 18.9. The van der Waals surface area contributed by atoms with Crippen molar-refractivity contribution >= 4 is 11.6 Å². The third-order valence-electron chi connectivity index (χ3n) is 5.78. The highest BCUT2D eigenvalue weighted by molar-refractivity contribution is 6.31. The summed E-state index contributed by atoms with van der Waals surface area (Å²) in [5.74, 6) is 0.702. The minimum absolute atomic E-state index is 0.273. The number of rotatable bonds is 10. The second kappa shape index (κ2) is 11.3. The monoisotopic (exact) mass is 461 g/mol. The van der Waals surface area contributed by atoms with Gasteiger partial charge in [-0.3, -0.25) is 4.90 Å². The largest absolute Gasteiger partial charge is 0.327 e. The summed E-state index contributed by atoms with van der Waals surface area (Å²) in [7, 11) is 0. The molecule has 0 aliphatic heterocycles. The van der Waals surface area contributed by atoms with Crippen LogP contribution < -0.4 is 0 Å². The van der Waals surface area contributed by atoms with Gasteiger partial charge in [-0.25, -0.2) is 9.37 Å². The predicted molar refractivity (Wildman–Crippen MR) is 133 cm³/mol. The van der Waals surface area contributed by atoms with Crippen molar-refractivity contribution in [3.05, 3.63) is 113 Å². The number of benzene rings is 3. The molecule has 33 heavy (non-hydrogen) atoms. The molecule has 0 aliphatic carbocycles. The van der Waals surface area contributed by atoms with Gasteiger partial charge in [-0.1, -0.05) is 91.7 Å². The van der Waals surface area contributed by atoms with E-state index in [4.69, 9.17) is 16.6 Å². The number of hydrogen-bond donors (Lipinski definition) is 0. The summed E-state index contributed by atoms with van der Waals surface area (Å²) in [6.07, 6.45) is 4.13. The van der Waals surface area contributed by atoms with Crippen LogP contribution in [0.5, 0.6) is 0 Å². The third kappa shape index (κ3) is 5.89. The molecular formula is C28H29ClFN3. The van der Waals surface area contributed by atoms with Gasteiger partial charge in [0.2, 0.25) is 0 Å². The maximum atomic E-state index is 14.6. The average molecular weight is 462 g/mol. The minimum atomic E-state index is -0.273. The molecule has 0 bridgehead atoms. The zero-order valence-corrected chi connectivity index (χ0v) is 19.7. The highest BCUT2D eigenvalue weighted by atomic mass is 35.5. The van der Waals surface area contributed by atoms with Crippen molar-refractivity contribution in [3.63, 3.8) is 0 Å². The van der Waals surface area contributed by atoms with Crippen molar-refractivity contribution in [3.8, 4) is 11.4 Å². The molecule has 0 radical (unpaired) electrons. The molecule has 0 spiro atoms. The fourth-order valence-corrected chi connectivity index (χ4v) is 4.29. The Bertz CT molecular complexity index is 1140. The zero-order chi connectivity index (χ0) is 23.0. The molecule has 0 unspecified atom stereocenters. The highest BCUT2D eigenvalue weighted by Gasteiger charge is 2.18. The molecule has 0 saturated carbocycles. The Balaban J connectivity index is 1.67. The minimum Gasteiger partial charge on any atom is -0.327 e. The van der Waals surface area contributed by atoms with E-state index in [0.717, 1.165) is 36.5 Å². The number of halogens is 2. The SMILES string of the molecule is CCCCn1c(CN(Cc2ccccc2)Cc2c(F)cccc2Cl)cnc1-c1ccccc1. The van der Waals surface area contributed by atoms with Crippen LogP contribution in [0.1, 0.15) is 36.6 Å². The lowest BCUT2D eigenvalue weighted by Gasteiger charge is -2.24. The van der Waals surface area contributed by atoms with Crippen molar-refractivity contribution in [1.29, 1.82) is 0 Å². The van der Waals surface area contributed by atoms with Crippen LogP contribution in [0.25, 0.3) is 11.4 Å². The Morgan fingerprint density at radius 3 is 2.30 bits per heavy atom. The number of unbranched alkanes of at least 4 members (excludes halogenated alkanes) is 1. The van der Waals surface area contributed by atoms with E-state index in [1.165, 1.54) is 11.6 Å². The Kier molecular flexibility index (Phi) is 7.92. The van der Waals surface area contributed by atoms with Gasteiger partial charge in [-0.05, 0) is 24.1 Å². The van der Waals surface area contributed by atoms with Crippen LogP contribution in [0.2, 0.25) is 5.02 Å². The van der Waals surface area contributed by atoms with Crippen LogP contribution >= 0.6 is 11.6 Å². The van der Waals surface area contributed by atoms with E-state index < -0.39 is 0 Å². The summed E-state index contributed by atoms with van der Waals surface area (Å²) >= 11 is 6.38. The topological polar surface area (TPSA) is 21.1 Å². The molecule has 0 amide bonds. The lowest BCUT2D eigenvalue weighted by atomic mass is 10.1. The second-order valence-corrected chi connectivity index (χ2v) is 8.68. The van der Waals surface area contributed by atoms with Crippen molar-refractivity contribution in [2.45, 2.75) is 45.9 Å². The summed E-state index contributed by atoms with van der Waals surface area (Å²) < 4.78 is 16.9. The van der Waals surface area contributed by atoms with Gasteiger partial charge in [0.05, 0.1) is 11.9 Å². The average Bonchev–Trinajstić information content (AvgIpc) is 3.23. The fraction of sp³-hybridized carbons (Fsp3) is 0.250. The molecule has 0 aliphatic rings. The molecule has 0 fully saturated rings. The van der Waals surface area contributed by atoms with Crippen molar-refractivity contribution in [2.24, 2.45) is 0 Å². The summed E-state index contributed by atoms with van der Waals surface area (Å²) in [5, 5.41) is 0.456. The maximum absolute atomic E-state index is 14.6. The molecule has 5 heteroatoms. The van der Waals surface area contributed by atoms with Gasteiger partial charge in [0.25, 0.3) is 0 Å². The number of aromatic nitrogens is 2. The van der Waals surface area contributed by atoms with Crippen LogP contribution in [0.3, 0.4) is 0 Å². The summed E-state index contributed by atoms with van der Waals surface area (Å²) in [6, 6.07) is 25.4. The molecular weight excluding hydrogens is 433 g/mol. The molecule has 3 aromatic carbocycles. The second-order valence-electron chi connectivity index (χ2n) is 8.28. The van der Waals surface area contributed by atoms with Gasteiger partial charge >= 0.3 is 0 Å². The first-order valence-electron chi connectivity index (χ1n) is 11.4. The van der Waals surface area contributed by atoms with Crippen molar-refractivity contribution in [2.75, 3.05) is 0 Å². The van der Waals surface area contributed by atoms with E-state index >= 15 is 0 Å². The smallest absolute Gasteiger partial charge is 0.140 e. The van der Waals surface area contributed by atoms with E-state index in [0.29, 0.717) is 30.2 Å². The standard InChI is InChI=1S/C28H29ClFN3/c1-2-3-17-33-24(18-31-28(33)23-13-8-5-9-14-23)20-32(19-22-11-6-4-7-12-22)21-25-26(29)15-10-16-27(25)30/h4-16,18H,2-3,17,19-21H2,1H3. The summed E-state index contributed by atoms with van der Waals surface area (Å²) in [6.45, 7) is 4.84. The van der Waals surface area contributed by atoms with Gasteiger partial charge in [0, 0.05) is 42.3 Å². The predicted octanol–water partition coefficient (Wildman–Crippen LogP) is 7.35. The molecule has 1 aromatic heterocycles.